The summed E-state index contributed by atoms with van der Waals surface area (Å²) in [6.45, 7) is 5.09. The number of anilines is 1. The Balaban J connectivity index is 2.13. The van der Waals surface area contributed by atoms with E-state index in [2.05, 4.69) is 5.32 Å². The fourth-order valence-corrected chi connectivity index (χ4v) is 2.51. The Morgan fingerprint density at radius 3 is 2.32 bits per heavy atom. The Hall–Kier alpha value is -2.59. The molecule has 0 unspecified atom stereocenters. The molecule has 0 fully saturated rings. The molecule has 1 N–H and O–H groups in total. The summed E-state index contributed by atoms with van der Waals surface area (Å²) >= 11 is 5.84. The summed E-state index contributed by atoms with van der Waals surface area (Å²) in [7, 11) is 0. The molecule has 0 aromatic heterocycles. The fourth-order valence-electron chi connectivity index (χ4n) is 2.38. The molecule has 0 saturated carbocycles. The molecule has 0 spiro atoms. The fraction of sp³-hybridized carbons (Fsp3) is 0.200. The molecular formula is C20H21ClN2O2. The van der Waals surface area contributed by atoms with Gasteiger partial charge in [0, 0.05) is 24.2 Å². The highest BCUT2D eigenvalue weighted by atomic mass is 35.5. The second kappa shape index (κ2) is 9.04. The summed E-state index contributed by atoms with van der Waals surface area (Å²) < 4.78 is 0. The monoisotopic (exact) mass is 356 g/mol. The highest BCUT2D eigenvalue weighted by molar-refractivity contribution is 6.30. The minimum absolute atomic E-state index is 0.0948. The van der Waals surface area contributed by atoms with Crippen molar-refractivity contribution in [2.45, 2.75) is 13.8 Å². The predicted molar refractivity (Wildman–Crippen MR) is 103 cm³/mol. The van der Waals surface area contributed by atoms with E-state index in [1.165, 1.54) is 6.08 Å². The first-order valence-electron chi connectivity index (χ1n) is 8.18. The molecule has 0 heterocycles. The van der Waals surface area contributed by atoms with Gasteiger partial charge in [0.1, 0.15) is 0 Å². The van der Waals surface area contributed by atoms with E-state index in [1.54, 1.807) is 47.4 Å². The Labute approximate surface area is 153 Å². The maximum absolute atomic E-state index is 12.6. The third kappa shape index (κ3) is 5.19. The summed E-state index contributed by atoms with van der Waals surface area (Å²) in [5.41, 5.74) is 1.86. The van der Waals surface area contributed by atoms with Crippen LogP contribution in [0.3, 0.4) is 0 Å². The molecule has 0 aliphatic rings. The van der Waals surface area contributed by atoms with Gasteiger partial charge in [0.05, 0.1) is 11.3 Å². The van der Waals surface area contributed by atoms with Gasteiger partial charge in [0.15, 0.2) is 0 Å². The van der Waals surface area contributed by atoms with Crippen molar-refractivity contribution < 1.29 is 9.59 Å². The molecule has 2 aromatic rings. The molecule has 130 valence electrons. The zero-order valence-corrected chi connectivity index (χ0v) is 15.1. The molecule has 0 aliphatic heterocycles. The topological polar surface area (TPSA) is 49.4 Å². The van der Waals surface area contributed by atoms with E-state index in [1.807, 2.05) is 26.0 Å². The number of halogens is 1. The first-order valence-corrected chi connectivity index (χ1v) is 8.55. The standard InChI is InChI=1S/C20H21ClN2O2/c1-3-23(4-2)20(25)17-7-5-6-8-18(17)22-19(24)14-11-15-9-12-16(21)13-10-15/h5-14H,3-4H2,1-2H3,(H,22,24)/b14-11+. The third-order valence-electron chi connectivity index (χ3n) is 3.76. The van der Waals surface area contributed by atoms with Crippen LogP contribution in [0.25, 0.3) is 6.08 Å². The van der Waals surface area contributed by atoms with Crippen molar-refractivity contribution in [2.24, 2.45) is 0 Å². The van der Waals surface area contributed by atoms with Crippen LogP contribution in [-0.2, 0) is 4.79 Å². The van der Waals surface area contributed by atoms with Gasteiger partial charge in [-0.3, -0.25) is 9.59 Å². The lowest BCUT2D eigenvalue weighted by Gasteiger charge is -2.20. The van der Waals surface area contributed by atoms with Crippen LogP contribution in [0, 0.1) is 0 Å². The van der Waals surface area contributed by atoms with Crippen molar-refractivity contribution in [1.29, 1.82) is 0 Å². The molecule has 2 rings (SSSR count). The van der Waals surface area contributed by atoms with E-state index < -0.39 is 0 Å². The number of nitrogens with one attached hydrogen (secondary N) is 1. The van der Waals surface area contributed by atoms with Gasteiger partial charge >= 0.3 is 0 Å². The minimum Gasteiger partial charge on any atom is -0.339 e. The maximum Gasteiger partial charge on any atom is 0.255 e. The summed E-state index contributed by atoms with van der Waals surface area (Å²) in [6.07, 6.45) is 3.13. The van der Waals surface area contributed by atoms with E-state index in [4.69, 9.17) is 11.6 Å². The van der Waals surface area contributed by atoms with E-state index in [9.17, 15) is 9.59 Å². The van der Waals surface area contributed by atoms with Crippen molar-refractivity contribution in [1.82, 2.24) is 4.90 Å². The number of para-hydroxylation sites is 1. The van der Waals surface area contributed by atoms with E-state index in [-0.39, 0.29) is 11.8 Å². The first kappa shape index (κ1) is 18.7. The highest BCUT2D eigenvalue weighted by Crippen LogP contribution is 2.18. The quantitative estimate of drug-likeness (QED) is 0.776. The molecule has 0 radical (unpaired) electrons. The van der Waals surface area contributed by atoms with Crippen molar-refractivity contribution in [3.63, 3.8) is 0 Å². The second-order valence-electron chi connectivity index (χ2n) is 5.40. The largest absolute Gasteiger partial charge is 0.339 e. The SMILES string of the molecule is CCN(CC)C(=O)c1ccccc1NC(=O)/C=C/c1ccc(Cl)cc1. The number of hydrogen-bond donors (Lipinski definition) is 1. The minimum atomic E-state index is -0.297. The van der Waals surface area contributed by atoms with Gasteiger partial charge in [-0.2, -0.15) is 0 Å². The molecule has 25 heavy (non-hydrogen) atoms. The summed E-state index contributed by atoms with van der Waals surface area (Å²) in [6, 6.07) is 14.2. The van der Waals surface area contributed by atoms with Crippen LogP contribution in [0.2, 0.25) is 5.02 Å². The molecule has 0 aliphatic carbocycles. The maximum atomic E-state index is 12.6. The van der Waals surface area contributed by atoms with Crippen LogP contribution in [0.1, 0.15) is 29.8 Å². The Morgan fingerprint density at radius 2 is 1.68 bits per heavy atom. The number of hydrogen-bond acceptors (Lipinski definition) is 2. The Bertz CT molecular complexity index is 766. The molecule has 4 nitrogen and oxygen atoms in total. The number of amides is 2. The molecule has 5 heteroatoms. The summed E-state index contributed by atoms with van der Waals surface area (Å²) in [5, 5.41) is 3.42. The molecule has 2 amide bonds. The summed E-state index contributed by atoms with van der Waals surface area (Å²) in [5.74, 6) is -0.391. The second-order valence-corrected chi connectivity index (χ2v) is 5.83. The Morgan fingerprint density at radius 1 is 1.04 bits per heavy atom. The molecule has 0 bridgehead atoms. The van der Waals surface area contributed by atoms with Gasteiger partial charge in [-0.25, -0.2) is 0 Å². The van der Waals surface area contributed by atoms with Crippen LogP contribution in [0.5, 0.6) is 0 Å². The average Bonchev–Trinajstić information content (AvgIpc) is 2.62. The predicted octanol–water partition coefficient (Wildman–Crippen LogP) is 4.47. The van der Waals surface area contributed by atoms with Crippen LogP contribution in [0.15, 0.2) is 54.6 Å². The zero-order valence-electron chi connectivity index (χ0n) is 14.3. The molecule has 0 saturated heterocycles. The lowest BCUT2D eigenvalue weighted by molar-refractivity contribution is -0.111. The van der Waals surface area contributed by atoms with E-state index in [0.717, 1.165) is 5.56 Å². The number of nitrogens with zero attached hydrogens (tertiary/aromatic N) is 1. The smallest absolute Gasteiger partial charge is 0.255 e. The lowest BCUT2D eigenvalue weighted by atomic mass is 10.1. The lowest BCUT2D eigenvalue weighted by Crippen LogP contribution is -2.31. The molecular weight excluding hydrogens is 336 g/mol. The van der Waals surface area contributed by atoms with Crippen LogP contribution < -0.4 is 5.32 Å². The number of carbonyl (C=O) groups excluding carboxylic acids is 2. The van der Waals surface area contributed by atoms with Crippen molar-refractivity contribution in [3.05, 3.63) is 70.8 Å². The third-order valence-corrected chi connectivity index (χ3v) is 4.02. The van der Waals surface area contributed by atoms with Gasteiger partial charge in [0.25, 0.3) is 5.91 Å². The highest BCUT2D eigenvalue weighted by Gasteiger charge is 2.16. The Kier molecular flexibility index (Phi) is 6.78. The first-order chi connectivity index (χ1) is 12.0. The van der Waals surface area contributed by atoms with Gasteiger partial charge in [-0.15, -0.1) is 0 Å². The number of rotatable bonds is 6. The summed E-state index contributed by atoms with van der Waals surface area (Å²) in [4.78, 5) is 26.5. The average molecular weight is 357 g/mol. The number of benzene rings is 2. The van der Waals surface area contributed by atoms with Gasteiger partial charge in [-0.1, -0.05) is 35.9 Å². The zero-order chi connectivity index (χ0) is 18.2. The van der Waals surface area contributed by atoms with Gasteiger partial charge in [0.2, 0.25) is 5.91 Å². The van der Waals surface area contributed by atoms with Crippen molar-refractivity contribution in [2.75, 3.05) is 18.4 Å². The van der Waals surface area contributed by atoms with Gasteiger partial charge in [-0.05, 0) is 49.8 Å². The van der Waals surface area contributed by atoms with Crippen molar-refractivity contribution in [3.8, 4) is 0 Å². The van der Waals surface area contributed by atoms with Crippen LogP contribution >= 0.6 is 11.6 Å². The van der Waals surface area contributed by atoms with E-state index >= 15 is 0 Å². The van der Waals surface area contributed by atoms with Crippen molar-refractivity contribution >= 4 is 35.2 Å². The van der Waals surface area contributed by atoms with Gasteiger partial charge < -0.3 is 10.2 Å². The van der Waals surface area contributed by atoms with E-state index in [0.29, 0.717) is 29.4 Å². The normalized spacial score (nSPS) is 10.7. The van der Waals surface area contributed by atoms with Crippen LogP contribution in [-0.4, -0.2) is 29.8 Å². The van der Waals surface area contributed by atoms with Crippen LogP contribution in [0.4, 0.5) is 5.69 Å². The molecule has 0 atom stereocenters. The number of carbonyl (C=O) groups is 2. The molecule has 2 aromatic carbocycles.